The molecule has 106 valence electrons. The van der Waals surface area contributed by atoms with Crippen LogP contribution in [0, 0.1) is 0 Å². The summed E-state index contributed by atoms with van der Waals surface area (Å²) in [6, 6.07) is 7.29. The van der Waals surface area contributed by atoms with Crippen molar-refractivity contribution in [3.05, 3.63) is 46.8 Å². The van der Waals surface area contributed by atoms with Crippen LogP contribution in [0.4, 0.5) is 0 Å². The zero-order valence-corrected chi connectivity index (χ0v) is 12.3. The molecule has 1 aromatic heterocycles. The van der Waals surface area contributed by atoms with E-state index in [0.717, 1.165) is 18.8 Å². The number of aromatic nitrogens is 3. The molecule has 0 saturated heterocycles. The maximum Gasteiger partial charge on any atom is 0.0965 e. The smallest absolute Gasteiger partial charge is 0.0965 e. The van der Waals surface area contributed by atoms with Crippen molar-refractivity contribution >= 4 is 0 Å². The van der Waals surface area contributed by atoms with Crippen LogP contribution in [0.3, 0.4) is 0 Å². The van der Waals surface area contributed by atoms with Gasteiger partial charge in [0.1, 0.15) is 0 Å². The molecule has 1 N–H and O–H groups in total. The van der Waals surface area contributed by atoms with Gasteiger partial charge in [-0.25, -0.2) is 4.68 Å². The van der Waals surface area contributed by atoms with Crippen molar-refractivity contribution in [3.8, 4) is 0 Å². The quantitative estimate of drug-likeness (QED) is 0.906. The molecule has 0 saturated carbocycles. The number of hydrogen-bond acceptors (Lipinski definition) is 3. The number of aryl methyl sites for hydroxylation is 2. The van der Waals surface area contributed by atoms with E-state index in [9.17, 15) is 0 Å². The van der Waals surface area contributed by atoms with Crippen LogP contribution in [0.5, 0.6) is 0 Å². The van der Waals surface area contributed by atoms with E-state index < -0.39 is 0 Å². The number of rotatable bonds is 5. The molecule has 0 bridgehead atoms. The second-order valence-electron chi connectivity index (χ2n) is 5.90. The molecule has 1 aromatic carbocycles. The molecule has 0 aliphatic heterocycles. The summed E-state index contributed by atoms with van der Waals surface area (Å²) in [6.07, 6.45) is 5.80. The van der Waals surface area contributed by atoms with Crippen molar-refractivity contribution in [3.63, 3.8) is 0 Å². The molecule has 20 heavy (non-hydrogen) atoms. The fourth-order valence-corrected chi connectivity index (χ4v) is 2.72. The molecule has 1 heterocycles. The summed E-state index contributed by atoms with van der Waals surface area (Å²) in [4.78, 5) is 0. The first-order chi connectivity index (χ1) is 9.70. The molecule has 4 heteroatoms. The molecule has 1 aliphatic rings. The van der Waals surface area contributed by atoms with E-state index in [4.69, 9.17) is 0 Å². The van der Waals surface area contributed by atoms with Crippen LogP contribution in [-0.2, 0) is 25.9 Å². The fourth-order valence-electron chi connectivity index (χ4n) is 2.72. The van der Waals surface area contributed by atoms with Gasteiger partial charge in [0, 0.05) is 12.6 Å². The topological polar surface area (TPSA) is 42.7 Å². The molecular formula is C16H22N4. The Morgan fingerprint density at radius 3 is 2.95 bits per heavy atom. The van der Waals surface area contributed by atoms with E-state index >= 15 is 0 Å². The molecular weight excluding hydrogens is 248 g/mol. The lowest BCUT2D eigenvalue weighted by Gasteiger charge is -2.05. The Morgan fingerprint density at radius 1 is 1.25 bits per heavy atom. The lowest BCUT2D eigenvalue weighted by molar-refractivity contribution is 0.580. The van der Waals surface area contributed by atoms with Crippen molar-refractivity contribution in [2.45, 2.75) is 52.2 Å². The van der Waals surface area contributed by atoms with Gasteiger partial charge >= 0.3 is 0 Å². The highest BCUT2D eigenvalue weighted by atomic mass is 15.4. The minimum atomic E-state index is 0.469. The number of hydrogen-bond donors (Lipinski definition) is 1. The number of nitrogens with one attached hydrogen (secondary N) is 1. The van der Waals surface area contributed by atoms with Crippen LogP contribution in [0.25, 0.3) is 0 Å². The van der Waals surface area contributed by atoms with Gasteiger partial charge in [-0.2, -0.15) is 0 Å². The molecule has 3 rings (SSSR count). The Hall–Kier alpha value is -1.68. The summed E-state index contributed by atoms with van der Waals surface area (Å²) >= 11 is 0. The molecule has 4 nitrogen and oxygen atoms in total. The average Bonchev–Trinajstić information content (AvgIpc) is 3.04. The van der Waals surface area contributed by atoms with Crippen molar-refractivity contribution in [1.29, 1.82) is 0 Å². The monoisotopic (exact) mass is 270 g/mol. The molecule has 0 unspecified atom stereocenters. The van der Waals surface area contributed by atoms with Crippen LogP contribution in [0.1, 0.15) is 42.7 Å². The molecule has 0 amide bonds. The Bertz CT molecular complexity index is 586. The van der Waals surface area contributed by atoms with Gasteiger partial charge in [-0.3, -0.25) is 0 Å². The average molecular weight is 270 g/mol. The van der Waals surface area contributed by atoms with E-state index in [1.54, 1.807) is 0 Å². The van der Waals surface area contributed by atoms with Crippen LogP contribution in [0.15, 0.2) is 24.4 Å². The van der Waals surface area contributed by atoms with Crippen molar-refractivity contribution in [2.75, 3.05) is 0 Å². The summed E-state index contributed by atoms with van der Waals surface area (Å²) in [7, 11) is 0. The van der Waals surface area contributed by atoms with E-state index in [2.05, 4.69) is 47.7 Å². The number of fused-ring (bicyclic) bond motifs is 1. The van der Waals surface area contributed by atoms with Crippen LogP contribution >= 0.6 is 0 Å². The summed E-state index contributed by atoms with van der Waals surface area (Å²) in [5.41, 5.74) is 5.36. The lowest BCUT2D eigenvalue weighted by atomic mass is 10.1. The molecule has 0 atom stereocenters. The van der Waals surface area contributed by atoms with Gasteiger partial charge in [-0.15, -0.1) is 5.10 Å². The third-order valence-electron chi connectivity index (χ3n) is 3.79. The highest BCUT2D eigenvalue weighted by molar-refractivity contribution is 5.35. The second-order valence-corrected chi connectivity index (χ2v) is 5.90. The molecule has 0 fully saturated rings. The van der Waals surface area contributed by atoms with Gasteiger partial charge in [0.25, 0.3) is 0 Å². The highest BCUT2D eigenvalue weighted by Crippen LogP contribution is 2.23. The first kappa shape index (κ1) is 13.3. The molecule has 1 aliphatic carbocycles. The molecule has 0 radical (unpaired) electrons. The normalized spacial score (nSPS) is 13.9. The van der Waals surface area contributed by atoms with E-state index in [-0.39, 0.29) is 0 Å². The van der Waals surface area contributed by atoms with Crippen LogP contribution in [-0.4, -0.2) is 21.0 Å². The third kappa shape index (κ3) is 3.07. The van der Waals surface area contributed by atoms with Gasteiger partial charge in [-0.1, -0.05) is 37.3 Å². The molecule has 0 spiro atoms. The molecule has 2 aromatic rings. The van der Waals surface area contributed by atoms with Gasteiger partial charge in [0.05, 0.1) is 18.4 Å². The minimum Gasteiger partial charge on any atom is -0.309 e. The van der Waals surface area contributed by atoms with E-state index in [1.165, 1.54) is 36.0 Å². The maximum atomic E-state index is 4.21. The van der Waals surface area contributed by atoms with Gasteiger partial charge in [0.2, 0.25) is 0 Å². The largest absolute Gasteiger partial charge is 0.309 e. The number of benzene rings is 1. The standard InChI is InChI=1S/C16H22N4/c1-12(2)17-9-16-11-20(19-18-16)10-13-6-7-14-4-3-5-15(14)8-13/h6-8,11-12,17H,3-5,9-10H2,1-2H3. The number of nitrogens with zero attached hydrogens (tertiary/aromatic N) is 3. The third-order valence-corrected chi connectivity index (χ3v) is 3.79. The second kappa shape index (κ2) is 5.75. The van der Waals surface area contributed by atoms with E-state index in [0.29, 0.717) is 6.04 Å². The fraction of sp³-hybridized carbons (Fsp3) is 0.500. The Balaban J connectivity index is 1.65. The predicted molar refractivity (Wildman–Crippen MR) is 79.6 cm³/mol. The van der Waals surface area contributed by atoms with Gasteiger partial charge in [-0.05, 0) is 36.0 Å². The first-order valence-corrected chi connectivity index (χ1v) is 7.44. The highest BCUT2D eigenvalue weighted by Gasteiger charge is 2.11. The zero-order valence-electron chi connectivity index (χ0n) is 12.3. The summed E-state index contributed by atoms with van der Waals surface area (Å²) in [5.74, 6) is 0. The summed E-state index contributed by atoms with van der Waals surface area (Å²) < 4.78 is 1.92. The Labute approximate surface area is 120 Å². The van der Waals surface area contributed by atoms with Gasteiger partial charge in [0.15, 0.2) is 0 Å². The lowest BCUT2D eigenvalue weighted by Crippen LogP contribution is -2.21. The van der Waals surface area contributed by atoms with Crippen molar-refractivity contribution < 1.29 is 0 Å². The minimum absolute atomic E-state index is 0.469. The zero-order chi connectivity index (χ0) is 13.9. The summed E-state index contributed by atoms with van der Waals surface area (Å²) in [5, 5.41) is 11.8. The Morgan fingerprint density at radius 2 is 2.10 bits per heavy atom. The Kier molecular flexibility index (Phi) is 3.83. The van der Waals surface area contributed by atoms with Gasteiger partial charge < -0.3 is 5.32 Å². The SMILES string of the molecule is CC(C)NCc1cn(Cc2ccc3c(c2)CCC3)nn1. The predicted octanol–water partition coefficient (Wildman–Crippen LogP) is 2.31. The van der Waals surface area contributed by atoms with Crippen LogP contribution < -0.4 is 5.32 Å². The summed E-state index contributed by atoms with van der Waals surface area (Å²) in [6.45, 7) is 5.85. The van der Waals surface area contributed by atoms with Crippen LogP contribution in [0.2, 0.25) is 0 Å². The maximum absolute atomic E-state index is 4.21. The first-order valence-electron chi connectivity index (χ1n) is 7.44. The van der Waals surface area contributed by atoms with E-state index in [1.807, 2.05) is 10.9 Å². The van der Waals surface area contributed by atoms with Crippen molar-refractivity contribution in [2.24, 2.45) is 0 Å². The van der Waals surface area contributed by atoms with Crippen molar-refractivity contribution in [1.82, 2.24) is 20.3 Å².